The fourth-order valence-corrected chi connectivity index (χ4v) is 5.14. The molecule has 2 aliphatic rings. The highest BCUT2D eigenvalue weighted by Crippen LogP contribution is 2.49. The van der Waals surface area contributed by atoms with E-state index in [9.17, 15) is 13.2 Å². The van der Waals surface area contributed by atoms with Crippen molar-refractivity contribution in [1.82, 2.24) is 0 Å². The Morgan fingerprint density at radius 2 is 1.68 bits per heavy atom. The minimum atomic E-state index is -1.03. The summed E-state index contributed by atoms with van der Waals surface area (Å²) in [5.41, 5.74) is 0.659. The summed E-state index contributed by atoms with van der Waals surface area (Å²) in [5.74, 6) is -2.47. The molecule has 2 aromatic carbocycles. The molecule has 0 aliphatic heterocycles. The van der Waals surface area contributed by atoms with Crippen LogP contribution in [0.3, 0.4) is 0 Å². The summed E-state index contributed by atoms with van der Waals surface area (Å²) in [6.45, 7) is 2.01. The summed E-state index contributed by atoms with van der Waals surface area (Å²) in [7, 11) is 0. The van der Waals surface area contributed by atoms with Gasteiger partial charge in [0.1, 0.15) is 28.3 Å². The molecule has 0 spiro atoms. The van der Waals surface area contributed by atoms with Gasteiger partial charge in [-0.25, -0.2) is 17.6 Å². The molecule has 0 aromatic heterocycles. The Hall–Kier alpha value is -1.81. The summed E-state index contributed by atoms with van der Waals surface area (Å²) in [6, 6.07) is 3.14. The van der Waals surface area contributed by atoms with Crippen LogP contribution < -0.4 is 0 Å². The standard InChI is InChI=1S/C23H21ClF4/c1-2-3-12-4-6-15-13(8-12)5-7-16-17(15)11-18(25)21(23(16)28)14-9-19(26)22(24)20(27)10-14/h2-3,9-13,15H,4-8H2,1H3/b3-2+. The highest BCUT2D eigenvalue weighted by molar-refractivity contribution is 6.31. The van der Waals surface area contributed by atoms with Crippen LogP contribution in [0.2, 0.25) is 5.02 Å². The van der Waals surface area contributed by atoms with E-state index in [2.05, 4.69) is 12.2 Å². The first kappa shape index (κ1) is 19.5. The van der Waals surface area contributed by atoms with Crippen molar-refractivity contribution in [3.05, 3.63) is 69.8 Å². The molecule has 3 unspecified atom stereocenters. The summed E-state index contributed by atoms with van der Waals surface area (Å²) in [6.07, 6.45) is 8.58. The summed E-state index contributed by atoms with van der Waals surface area (Å²) >= 11 is 5.50. The van der Waals surface area contributed by atoms with Gasteiger partial charge in [0.2, 0.25) is 0 Å². The van der Waals surface area contributed by atoms with Gasteiger partial charge in [-0.3, -0.25) is 0 Å². The molecule has 0 amide bonds. The molecule has 148 valence electrons. The quantitative estimate of drug-likeness (QED) is 0.273. The van der Waals surface area contributed by atoms with Gasteiger partial charge >= 0.3 is 0 Å². The lowest BCUT2D eigenvalue weighted by molar-refractivity contribution is 0.234. The van der Waals surface area contributed by atoms with Gasteiger partial charge in [0.05, 0.1) is 5.56 Å². The molecule has 0 bridgehead atoms. The van der Waals surface area contributed by atoms with E-state index < -0.39 is 28.3 Å². The predicted octanol–water partition coefficient (Wildman–Crippen LogP) is 7.59. The smallest absolute Gasteiger partial charge is 0.145 e. The van der Waals surface area contributed by atoms with Crippen molar-refractivity contribution in [2.75, 3.05) is 0 Å². The first-order valence-electron chi connectivity index (χ1n) is 9.69. The Kier molecular flexibility index (Phi) is 5.26. The Morgan fingerprint density at radius 3 is 2.36 bits per heavy atom. The molecule has 1 saturated carbocycles. The molecule has 5 heteroatoms. The lowest BCUT2D eigenvalue weighted by atomic mass is 9.65. The predicted molar refractivity (Wildman–Crippen MR) is 103 cm³/mol. The maximum absolute atomic E-state index is 15.3. The average Bonchev–Trinajstić information content (AvgIpc) is 2.66. The molecule has 2 aromatic rings. The minimum Gasteiger partial charge on any atom is -0.206 e. The van der Waals surface area contributed by atoms with Crippen molar-refractivity contribution in [2.24, 2.45) is 11.8 Å². The molecule has 4 rings (SSSR count). The van der Waals surface area contributed by atoms with Crippen LogP contribution in [0, 0.1) is 35.1 Å². The van der Waals surface area contributed by atoms with Crippen LogP contribution in [0.25, 0.3) is 11.1 Å². The van der Waals surface area contributed by atoms with Crippen molar-refractivity contribution < 1.29 is 17.6 Å². The third-order valence-corrected chi connectivity index (χ3v) is 6.64. The molecule has 1 fully saturated rings. The number of hydrogen-bond donors (Lipinski definition) is 0. The molecule has 3 atom stereocenters. The van der Waals surface area contributed by atoms with Gasteiger partial charge in [0, 0.05) is 0 Å². The SMILES string of the molecule is C/C=C/C1CCC2c3cc(F)c(-c4cc(F)c(Cl)c(F)c4)c(F)c3CCC2C1. The van der Waals surface area contributed by atoms with Crippen molar-refractivity contribution >= 4 is 11.6 Å². The van der Waals surface area contributed by atoms with E-state index in [4.69, 9.17) is 11.6 Å². The highest BCUT2D eigenvalue weighted by atomic mass is 35.5. The third-order valence-electron chi connectivity index (χ3n) is 6.28. The Morgan fingerprint density at radius 1 is 0.964 bits per heavy atom. The van der Waals surface area contributed by atoms with Crippen molar-refractivity contribution in [1.29, 1.82) is 0 Å². The van der Waals surface area contributed by atoms with Crippen LogP contribution in [0.15, 0.2) is 30.4 Å². The molecule has 28 heavy (non-hydrogen) atoms. The van der Waals surface area contributed by atoms with E-state index in [1.807, 2.05) is 6.92 Å². The molecule has 2 aliphatic carbocycles. The zero-order valence-corrected chi connectivity index (χ0v) is 16.3. The Balaban J connectivity index is 1.76. The monoisotopic (exact) mass is 408 g/mol. The van der Waals surface area contributed by atoms with E-state index in [-0.39, 0.29) is 17.0 Å². The molecule has 0 radical (unpaired) electrons. The third kappa shape index (κ3) is 3.26. The fourth-order valence-electron chi connectivity index (χ4n) is 5.03. The minimum absolute atomic E-state index is 0.141. The van der Waals surface area contributed by atoms with Crippen molar-refractivity contribution in [2.45, 2.75) is 44.9 Å². The van der Waals surface area contributed by atoms with E-state index in [1.54, 1.807) is 0 Å². The highest BCUT2D eigenvalue weighted by Gasteiger charge is 2.37. The van der Waals surface area contributed by atoms with E-state index >= 15 is 4.39 Å². The molecule has 0 N–H and O–H groups in total. The van der Waals surface area contributed by atoms with Crippen LogP contribution in [0.1, 0.15) is 49.7 Å². The van der Waals surface area contributed by atoms with Crippen molar-refractivity contribution in [3.8, 4) is 11.1 Å². The zero-order valence-electron chi connectivity index (χ0n) is 15.5. The average molecular weight is 409 g/mol. The molecule has 0 nitrogen and oxygen atoms in total. The largest absolute Gasteiger partial charge is 0.206 e. The lowest BCUT2D eigenvalue weighted by Crippen LogP contribution is -2.28. The number of fused-ring (bicyclic) bond motifs is 3. The number of hydrogen-bond acceptors (Lipinski definition) is 0. The number of benzene rings is 2. The summed E-state index contributed by atoms with van der Waals surface area (Å²) in [5, 5.41) is -0.678. The first-order chi connectivity index (χ1) is 13.4. The maximum Gasteiger partial charge on any atom is 0.145 e. The number of allylic oxidation sites excluding steroid dienone is 2. The van der Waals surface area contributed by atoms with Gasteiger partial charge in [0.15, 0.2) is 0 Å². The van der Waals surface area contributed by atoms with Crippen LogP contribution >= 0.6 is 11.6 Å². The Bertz CT molecular complexity index is 927. The van der Waals surface area contributed by atoms with Gasteiger partial charge in [0.25, 0.3) is 0 Å². The first-order valence-corrected chi connectivity index (χ1v) is 10.1. The number of rotatable bonds is 2. The van der Waals surface area contributed by atoms with Gasteiger partial charge in [-0.2, -0.15) is 0 Å². The summed E-state index contributed by atoms with van der Waals surface area (Å²) in [4.78, 5) is 0. The van der Waals surface area contributed by atoms with Crippen LogP contribution in [0.5, 0.6) is 0 Å². The van der Waals surface area contributed by atoms with E-state index in [0.717, 1.165) is 43.4 Å². The molecule has 0 heterocycles. The second kappa shape index (κ2) is 7.55. The Labute approximate surface area is 167 Å². The maximum atomic E-state index is 15.3. The lowest BCUT2D eigenvalue weighted by Gasteiger charge is -2.40. The normalized spacial score (nSPS) is 24.3. The van der Waals surface area contributed by atoms with Gasteiger partial charge < -0.3 is 0 Å². The fraction of sp³-hybridized carbons (Fsp3) is 0.391. The van der Waals surface area contributed by atoms with E-state index in [0.29, 0.717) is 23.8 Å². The second-order valence-corrected chi connectivity index (χ2v) is 8.25. The molecular formula is C23H21ClF4. The van der Waals surface area contributed by atoms with Crippen LogP contribution in [-0.2, 0) is 6.42 Å². The van der Waals surface area contributed by atoms with Gasteiger partial charge in [-0.1, -0.05) is 23.8 Å². The van der Waals surface area contributed by atoms with E-state index in [1.165, 1.54) is 6.07 Å². The topological polar surface area (TPSA) is 0 Å². The summed E-state index contributed by atoms with van der Waals surface area (Å²) < 4.78 is 57.9. The second-order valence-electron chi connectivity index (χ2n) is 7.87. The van der Waals surface area contributed by atoms with Gasteiger partial charge in [-0.15, -0.1) is 0 Å². The van der Waals surface area contributed by atoms with Gasteiger partial charge in [-0.05, 0) is 91.7 Å². The molecular weight excluding hydrogens is 388 g/mol. The van der Waals surface area contributed by atoms with Crippen LogP contribution in [-0.4, -0.2) is 0 Å². The zero-order chi connectivity index (χ0) is 20.0. The van der Waals surface area contributed by atoms with Crippen molar-refractivity contribution in [3.63, 3.8) is 0 Å². The molecule has 0 saturated heterocycles. The van der Waals surface area contributed by atoms with Crippen LogP contribution in [0.4, 0.5) is 17.6 Å². The number of halogens is 5.